The molecule has 210 valence electrons. The van der Waals surface area contributed by atoms with Crippen molar-refractivity contribution in [3.05, 3.63) is 83.2 Å². The highest BCUT2D eigenvalue weighted by atomic mass is 16.5. The molecule has 1 aliphatic heterocycles. The number of aliphatic carboxylic acids is 1. The van der Waals surface area contributed by atoms with Crippen LogP contribution in [0.5, 0.6) is 17.2 Å². The van der Waals surface area contributed by atoms with Gasteiger partial charge in [0, 0.05) is 31.3 Å². The first-order valence-electron chi connectivity index (χ1n) is 13.2. The third kappa shape index (κ3) is 6.35. The summed E-state index contributed by atoms with van der Waals surface area (Å²) in [5.41, 5.74) is 3.69. The lowest BCUT2D eigenvalue weighted by atomic mass is 9.91. The van der Waals surface area contributed by atoms with E-state index in [-0.39, 0.29) is 23.3 Å². The Morgan fingerprint density at radius 1 is 0.950 bits per heavy atom. The predicted molar refractivity (Wildman–Crippen MR) is 144 cm³/mol. The second-order valence-corrected chi connectivity index (χ2v) is 10.2. The summed E-state index contributed by atoms with van der Waals surface area (Å²) >= 11 is 0. The van der Waals surface area contributed by atoms with E-state index >= 15 is 0 Å². The third-order valence-electron chi connectivity index (χ3n) is 7.24. The van der Waals surface area contributed by atoms with Crippen molar-refractivity contribution < 1.29 is 39.1 Å². The Kier molecular flexibility index (Phi) is 8.18. The van der Waals surface area contributed by atoms with Gasteiger partial charge in [0.1, 0.15) is 30.8 Å². The Bertz CT molecular complexity index is 1350. The van der Waals surface area contributed by atoms with Gasteiger partial charge in [-0.2, -0.15) is 0 Å². The maximum Gasteiger partial charge on any atom is 0.335 e. The van der Waals surface area contributed by atoms with E-state index in [1.807, 2.05) is 18.2 Å². The number of hydrogen-bond acceptors (Lipinski definition) is 8. The number of ether oxygens (including phenoxy) is 3. The molecule has 2 atom stereocenters. The number of nitrogens with zero attached hydrogens (tertiary/aromatic N) is 2. The summed E-state index contributed by atoms with van der Waals surface area (Å²) < 4.78 is 17.0. The zero-order valence-electron chi connectivity index (χ0n) is 22.1. The first kappa shape index (κ1) is 27.4. The van der Waals surface area contributed by atoms with Gasteiger partial charge in [-0.05, 0) is 53.6 Å². The van der Waals surface area contributed by atoms with Gasteiger partial charge in [-0.25, -0.2) is 4.79 Å². The number of amides is 1. The van der Waals surface area contributed by atoms with Crippen LogP contribution in [0, 0.1) is 0 Å². The van der Waals surface area contributed by atoms with Crippen LogP contribution in [-0.4, -0.2) is 76.1 Å². The quantitative estimate of drug-likeness (QED) is 0.312. The van der Waals surface area contributed by atoms with E-state index in [2.05, 4.69) is 29.2 Å². The van der Waals surface area contributed by atoms with Crippen molar-refractivity contribution in [3.8, 4) is 17.2 Å². The molecular weight excluding hydrogens is 516 g/mol. The third-order valence-corrected chi connectivity index (χ3v) is 7.24. The highest BCUT2D eigenvalue weighted by molar-refractivity contribution is 5.93. The SMILES string of the molecule is COc1cc(C2CN(C(=O)c3cc(OC[C@H](O)[C@@H](O)C(=O)O)ccn3)C2)ccc1OCc1ccc(C2CC2)cc1. The second kappa shape index (κ2) is 11.9. The number of aromatic nitrogens is 1. The molecule has 5 rings (SSSR count). The molecule has 2 heterocycles. The van der Waals surface area contributed by atoms with Crippen molar-refractivity contribution in [2.45, 2.75) is 43.5 Å². The molecule has 3 aromatic rings. The number of carbonyl (C=O) groups excluding carboxylic acids is 1. The molecule has 0 unspecified atom stereocenters. The van der Waals surface area contributed by atoms with Crippen LogP contribution < -0.4 is 14.2 Å². The molecule has 10 nitrogen and oxygen atoms in total. The Labute approximate surface area is 231 Å². The average Bonchev–Trinajstić information content (AvgIpc) is 3.80. The maximum absolute atomic E-state index is 12.9. The number of methoxy groups -OCH3 is 1. The molecular formula is C30H32N2O8. The zero-order chi connectivity index (χ0) is 28.2. The smallest absolute Gasteiger partial charge is 0.335 e. The van der Waals surface area contributed by atoms with Crippen LogP contribution in [0.2, 0.25) is 0 Å². The fraction of sp³-hybridized carbons (Fsp3) is 0.367. The van der Waals surface area contributed by atoms with Gasteiger partial charge in [0.2, 0.25) is 0 Å². The Morgan fingerprint density at radius 2 is 1.68 bits per heavy atom. The standard InChI is InChI=1S/C30H32N2O8/c1-38-27-12-21(8-9-26(27)40-16-18-2-4-19(5-3-18)20-6-7-20)22-14-32(15-22)29(35)24-13-23(10-11-31-24)39-17-25(33)28(34)30(36)37/h2-5,8-13,20,22,25,28,33-34H,6-7,14-17H2,1H3,(H,36,37)/t25-,28+/m0/s1. The van der Waals surface area contributed by atoms with Gasteiger partial charge in [0.05, 0.1) is 7.11 Å². The first-order valence-corrected chi connectivity index (χ1v) is 13.2. The molecule has 3 N–H and O–H groups in total. The van der Waals surface area contributed by atoms with Crippen LogP contribution in [0.4, 0.5) is 0 Å². The van der Waals surface area contributed by atoms with Gasteiger partial charge in [-0.1, -0.05) is 30.3 Å². The molecule has 0 radical (unpaired) electrons. The number of aliphatic hydroxyl groups is 2. The lowest BCUT2D eigenvalue weighted by Crippen LogP contribution is -2.48. The minimum absolute atomic E-state index is 0.133. The molecule has 1 saturated carbocycles. The number of pyridine rings is 1. The monoisotopic (exact) mass is 548 g/mol. The summed E-state index contributed by atoms with van der Waals surface area (Å²) in [6.07, 6.45) is 0.366. The zero-order valence-corrected chi connectivity index (χ0v) is 22.1. The van der Waals surface area contributed by atoms with Gasteiger partial charge in [0.25, 0.3) is 5.91 Å². The topological polar surface area (TPSA) is 139 Å². The molecule has 1 saturated heterocycles. The van der Waals surface area contributed by atoms with Crippen LogP contribution in [0.15, 0.2) is 60.8 Å². The van der Waals surface area contributed by atoms with E-state index in [4.69, 9.17) is 19.3 Å². The normalized spacial score (nSPS) is 16.5. The summed E-state index contributed by atoms with van der Waals surface area (Å²) in [5.74, 6) is 0.560. The number of carboxylic acid groups (broad SMARTS) is 1. The summed E-state index contributed by atoms with van der Waals surface area (Å²) in [4.78, 5) is 29.5. The molecule has 10 heteroatoms. The van der Waals surface area contributed by atoms with Crippen LogP contribution in [0.25, 0.3) is 0 Å². The van der Waals surface area contributed by atoms with Gasteiger partial charge in [-0.15, -0.1) is 0 Å². The van der Waals surface area contributed by atoms with E-state index in [1.165, 1.54) is 36.7 Å². The molecule has 2 aliphatic rings. The largest absolute Gasteiger partial charge is 0.493 e. The highest BCUT2D eigenvalue weighted by Gasteiger charge is 2.33. The number of aliphatic hydroxyl groups excluding tert-OH is 2. The number of rotatable bonds is 12. The number of benzene rings is 2. The Morgan fingerprint density at radius 3 is 2.35 bits per heavy atom. The average molecular weight is 549 g/mol. The molecule has 40 heavy (non-hydrogen) atoms. The summed E-state index contributed by atoms with van der Waals surface area (Å²) in [6.45, 7) is 1.00. The molecule has 1 aliphatic carbocycles. The van der Waals surface area contributed by atoms with Gasteiger partial charge >= 0.3 is 5.97 Å². The van der Waals surface area contributed by atoms with E-state index in [0.717, 1.165) is 17.0 Å². The van der Waals surface area contributed by atoms with Gasteiger partial charge in [-0.3, -0.25) is 9.78 Å². The summed E-state index contributed by atoms with van der Waals surface area (Å²) in [5, 5.41) is 27.8. The lowest BCUT2D eigenvalue weighted by molar-refractivity contribution is -0.153. The summed E-state index contributed by atoms with van der Waals surface area (Å²) in [7, 11) is 1.61. The molecule has 0 spiro atoms. The first-order chi connectivity index (χ1) is 19.3. The van der Waals surface area contributed by atoms with Crippen molar-refractivity contribution in [2.75, 3.05) is 26.8 Å². The molecule has 2 fully saturated rings. The molecule has 0 bridgehead atoms. The fourth-order valence-corrected chi connectivity index (χ4v) is 4.59. The fourth-order valence-electron chi connectivity index (χ4n) is 4.59. The molecule has 1 aromatic heterocycles. The van der Waals surface area contributed by atoms with Crippen molar-refractivity contribution >= 4 is 11.9 Å². The number of likely N-dealkylation sites (tertiary alicyclic amines) is 1. The van der Waals surface area contributed by atoms with Crippen LogP contribution in [0.3, 0.4) is 0 Å². The van der Waals surface area contributed by atoms with Crippen LogP contribution in [0.1, 0.15) is 51.9 Å². The number of carbonyl (C=O) groups is 2. The van der Waals surface area contributed by atoms with E-state index in [9.17, 15) is 19.8 Å². The summed E-state index contributed by atoms with van der Waals surface area (Å²) in [6, 6.07) is 17.3. The predicted octanol–water partition coefficient (Wildman–Crippen LogP) is 2.97. The lowest BCUT2D eigenvalue weighted by Gasteiger charge is -2.39. The number of hydrogen-bond donors (Lipinski definition) is 3. The minimum Gasteiger partial charge on any atom is -0.493 e. The molecule has 1 amide bonds. The Hall–Kier alpha value is -4.15. The van der Waals surface area contributed by atoms with Crippen molar-refractivity contribution in [1.29, 1.82) is 0 Å². The van der Waals surface area contributed by atoms with Crippen molar-refractivity contribution in [2.24, 2.45) is 0 Å². The number of carboxylic acids is 1. The molecule has 2 aromatic carbocycles. The second-order valence-electron chi connectivity index (χ2n) is 10.2. The maximum atomic E-state index is 12.9. The van der Waals surface area contributed by atoms with Crippen molar-refractivity contribution in [3.63, 3.8) is 0 Å². The van der Waals surface area contributed by atoms with E-state index in [1.54, 1.807) is 12.0 Å². The highest BCUT2D eigenvalue weighted by Crippen LogP contribution is 2.40. The van der Waals surface area contributed by atoms with Gasteiger partial charge in [0.15, 0.2) is 17.6 Å². The van der Waals surface area contributed by atoms with Gasteiger partial charge < -0.3 is 34.4 Å². The van der Waals surface area contributed by atoms with E-state index in [0.29, 0.717) is 31.2 Å². The van der Waals surface area contributed by atoms with Crippen LogP contribution in [-0.2, 0) is 11.4 Å². The minimum atomic E-state index is -1.97. The van der Waals surface area contributed by atoms with Crippen LogP contribution >= 0.6 is 0 Å². The van der Waals surface area contributed by atoms with E-state index < -0.39 is 24.8 Å². The Balaban J connectivity index is 1.14. The van der Waals surface area contributed by atoms with Crippen molar-refractivity contribution in [1.82, 2.24) is 9.88 Å².